The summed E-state index contributed by atoms with van der Waals surface area (Å²) in [7, 11) is 0. The van der Waals surface area contributed by atoms with Crippen molar-refractivity contribution in [1.29, 1.82) is 0 Å². The molecule has 0 saturated heterocycles. The number of likely N-dealkylation sites (N-methyl/N-ethyl adjacent to an activating group) is 1. The molecule has 2 aromatic heterocycles. The maximum Gasteiger partial charge on any atom is 0.255 e. The molecular formula is C21H26N4OS. The number of para-hydroxylation sites is 1. The first-order valence-electron chi connectivity index (χ1n) is 9.31. The van der Waals surface area contributed by atoms with E-state index in [0.29, 0.717) is 18.2 Å². The van der Waals surface area contributed by atoms with Crippen LogP contribution in [-0.4, -0.2) is 46.3 Å². The quantitative estimate of drug-likeness (QED) is 0.639. The van der Waals surface area contributed by atoms with Gasteiger partial charge in [0.2, 0.25) is 0 Å². The molecule has 0 spiro atoms. The molecule has 0 radical (unpaired) electrons. The summed E-state index contributed by atoms with van der Waals surface area (Å²) in [4.78, 5) is 16.2. The zero-order chi connectivity index (χ0) is 19.2. The standard InChI is InChI=1S/C21H26N4OS/c1-4-24(16(2)3)13-12-22-21(26)18-15-25(17-9-6-5-7-10-17)23-20(18)19-11-8-14-27-19/h5-11,14-16H,4,12-13H2,1-3H3,(H,22,26). The zero-order valence-corrected chi connectivity index (χ0v) is 16.9. The average molecular weight is 383 g/mol. The summed E-state index contributed by atoms with van der Waals surface area (Å²) in [6.45, 7) is 8.90. The van der Waals surface area contributed by atoms with Crippen LogP contribution in [0, 0.1) is 0 Å². The van der Waals surface area contributed by atoms with Crippen molar-refractivity contribution in [2.24, 2.45) is 0 Å². The normalized spacial score (nSPS) is 11.3. The average Bonchev–Trinajstić information content (AvgIpc) is 3.34. The topological polar surface area (TPSA) is 50.2 Å². The maximum absolute atomic E-state index is 12.9. The van der Waals surface area contributed by atoms with Crippen molar-refractivity contribution in [3.05, 3.63) is 59.6 Å². The van der Waals surface area contributed by atoms with Crippen molar-refractivity contribution in [3.8, 4) is 16.3 Å². The Morgan fingerprint density at radius 1 is 1.22 bits per heavy atom. The minimum atomic E-state index is -0.0830. The monoisotopic (exact) mass is 382 g/mol. The highest BCUT2D eigenvalue weighted by atomic mass is 32.1. The number of amides is 1. The molecule has 0 atom stereocenters. The van der Waals surface area contributed by atoms with Crippen LogP contribution in [0.5, 0.6) is 0 Å². The minimum Gasteiger partial charge on any atom is -0.351 e. The fourth-order valence-electron chi connectivity index (χ4n) is 3.04. The number of hydrogen-bond donors (Lipinski definition) is 1. The third-order valence-electron chi connectivity index (χ3n) is 4.56. The number of carbonyl (C=O) groups excluding carboxylic acids is 1. The largest absolute Gasteiger partial charge is 0.351 e. The molecule has 2 heterocycles. The molecule has 0 aliphatic carbocycles. The van der Waals surface area contributed by atoms with Crippen molar-refractivity contribution in [1.82, 2.24) is 20.0 Å². The van der Waals surface area contributed by atoms with Gasteiger partial charge in [-0.25, -0.2) is 4.68 Å². The van der Waals surface area contributed by atoms with E-state index in [4.69, 9.17) is 0 Å². The Bertz CT molecular complexity index is 856. The van der Waals surface area contributed by atoms with Gasteiger partial charge in [-0.05, 0) is 44.0 Å². The molecular weight excluding hydrogens is 356 g/mol. The summed E-state index contributed by atoms with van der Waals surface area (Å²) in [5.74, 6) is -0.0830. The number of thiophene rings is 1. The van der Waals surface area contributed by atoms with Gasteiger partial charge in [-0.1, -0.05) is 31.2 Å². The van der Waals surface area contributed by atoms with Crippen LogP contribution in [0.25, 0.3) is 16.3 Å². The van der Waals surface area contributed by atoms with Gasteiger partial charge in [0.1, 0.15) is 5.69 Å². The number of benzene rings is 1. The first-order valence-corrected chi connectivity index (χ1v) is 10.2. The molecule has 3 rings (SSSR count). The van der Waals surface area contributed by atoms with E-state index >= 15 is 0 Å². The SMILES string of the molecule is CCN(CCNC(=O)c1cn(-c2ccccc2)nc1-c1cccs1)C(C)C. The molecule has 1 amide bonds. The summed E-state index contributed by atoms with van der Waals surface area (Å²) >= 11 is 1.59. The van der Waals surface area contributed by atoms with Gasteiger partial charge in [0, 0.05) is 25.3 Å². The number of nitrogens with one attached hydrogen (secondary N) is 1. The van der Waals surface area contributed by atoms with Crippen molar-refractivity contribution in [3.63, 3.8) is 0 Å². The molecule has 0 unspecified atom stereocenters. The van der Waals surface area contributed by atoms with Crippen LogP contribution in [0.2, 0.25) is 0 Å². The molecule has 1 aromatic carbocycles. The minimum absolute atomic E-state index is 0.0830. The van der Waals surface area contributed by atoms with Crippen LogP contribution in [0.15, 0.2) is 54.0 Å². The number of carbonyl (C=O) groups is 1. The zero-order valence-electron chi connectivity index (χ0n) is 16.1. The fourth-order valence-corrected chi connectivity index (χ4v) is 3.76. The Morgan fingerprint density at radius 2 is 2.00 bits per heavy atom. The van der Waals surface area contributed by atoms with Crippen LogP contribution in [0.3, 0.4) is 0 Å². The lowest BCUT2D eigenvalue weighted by molar-refractivity contribution is 0.0946. The highest BCUT2D eigenvalue weighted by molar-refractivity contribution is 7.13. The molecule has 0 saturated carbocycles. The van der Waals surface area contributed by atoms with E-state index in [0.717, 1.165) is 29.3 Å². The van der Waals surface area contributed by atoms with Crippen LogP contribution in [0.4, 0.5) is 0 Å². The molecule has 27 heavy (non-hydrogen) atoms. The van der Waals surface area contributed by atoms with Crippen LogP contribution < -0.4 is 5.32 Å². The molecule has 142 valence electrons. The van der Waals surface area contributed by atoms with Gasteiger partial charge in [0.15, 0.2) is 0 Å². The molecule has 1 N–H and O–H groups in total. The fraction of sp³-hybridized carbons (Fsp3) is 0.333. The highest BCUT2D eigenvalue weighted by Crippen LogP contribution is 2.27. The van der Waals surface area contributed by atoms with Crippen molar-refractivity contribution in [2.75, 3.05) is 19.6 Å². The molecule has 0 fully saturated rings. The Kier molecular flexibility index (Phi) is 6.42. The molecule has 0 aliphatic heterocycles. The predicted octanol–water partition coefficient (Wildman–Crippen LogP) is 4.06. The summed E-state index contributed by atoms with van der Waals surface area (Å²) < 4.78 is 1.77. The number of nitrogens with zero attached hydrogens (tertiary/aromatic N) is 3. The maximum atomic E-state index is 12.9. The number of rotatable bonds is 8. The lowest BCUT2D eigenvalue weighted by Crippen LogP contribution is -2.38. The lowest BCUT2D eigenvalue weighted by Gasteiger charge is -2.24. The number of hydrogen-bond acceptors (Lipinski definition) is 4. The molecule has 5 nitrogen and oxygen atoms in total. The van der Waals surface area contributed by atoms with Gasteiger partial charge in [-0.15, -0.1) is 11.3 Å². The van der Waals surface area contributed by atoms with Gasteiger partial charge in [0.25, 0.3) is 5.91 Å². The second-order valence-corrected chi connectivity index (χ2v) is 7.57. The third-order valence-corrected chi connectivity index (χ3v) is 5.43. The van der Waals surface area contributed by atoms with Crippen LogP contribution in [0.1, 0.15) is 31.1 Å². The molecule has 3 aromatic rings. The Balaban J connectivity index is 1.81. The van der Waals surface area contributed by atoms with E-state index in [1.54, 1.807) is 16.0 Å². The lowest BCUT2D eigenvalue weighted by atomic mass is 10.2. The van der Waals surface area contributed by atoms with Gasteiger partial charge >= 0.3 is 0 Å². The van der Waals surface area contributed by atoms with Crippen molar-refractivity contribution < 1.29 is 4.79 Å². The summed E-state index contributed by atoms with van der Waals surface area (Å²) in [6, 6.07) is 14.3. The summed E-state index contributed by atoms with van der Waals surface area (Å²) in [6.07, 6.45) is 1.82. The van der Waals surface area contributed by atoms with E-state index in [-0.39, 0.29) is 5.91 Å². The van der Waals surface area contributed by atoms with Crippen LogP contribution >= 0.6 is 11.3 Å². The summed E-state index contributed by atoms with van der Waals surface area (Å²) in [5, 5.41) is 9.74. The van der Waals surface area contributed by atoms with Gasteiger partial charge in [-0.3, -0.25) is 9.69 Å². The molecule has 6 heteroatoms. The Morgan fingerprint density at radius 3 is 2.63 bits per heavy atom. The Hall–Kier alpha value is -2.44. The van der Waals surface area contributed by atoms with E-state index in [9.17, 15) is 4.79 Å². The molecule has 0 aliphatic rings. The predicted molar refractivity (Wildman–Crippen MR) is 112 cm³/mol. The van der Waals surface area contributed by atoms with E-state index in [1.165, 1.54) is 0 Å². The number of aromatic nitrogens is 2. The first-order chi connectivity index (χ1) is 13.1. The van der Waals surface area contributed by atoms with E-state index in [2.05, 4.69) is 36.1 Å². The summed E-state index contributed by atoms with van der Waals surface area (Å²) in [5.41, 5.74) is 2.27. The van der Waals surface area contributed by atoms with Gasteiger partial charge < -0.3 is 5.32 Å². The van der Waals surface area contributed by atoms with Gasteiger partial charge in [-0.2, -0.15) is 5.10 Å². The highest BCUT2D eigenvalue weighted by Gasteiger charge is 2.19. The first kappa shape index (κ1) is 19.3. The molecule has 0 bridgehead atoms. The third kappa shape index (κ3) is 4.64. The van der Waals surface area contributed by atoms with E-state index < -0.39 is 0 Å². The Labute approximate surface area is 164 Å². The van der Waals surface area contributed by atoms with Crippen LogP contribution in [-0.2, 0) is 0 Å². The van der Waals surface area contributed by atoms with E-state index in [1.807, 2.05) is 54.0 Å². The van der Waals surface area contributed by atoms with Crippen molar-refractivity contribution in [2.45, 2.75) is 26.8 Å². The van der Waals surface area contributed by atoms with Crippen molar-refractivity contribution >= 4 is 17.2 Å². The smallest absolute Gasteiger partial charge is 0.255 e. The van der Waals surface area contributed by atoms with Gasteiger partial charge in [0.05, 0.1) is 16.1 Å². The second-order valence-electron chi connectivity index (χ2n) is 6.63. The second kappa shape index (κ2) is 8.97.